The van der Waals surface area contributed by atoms with Gasteiger partial charge in [-0.1, -0.05) is 54.2 Å². The van der Waals surface area contributed by atoms with E-state index in [1.165, 1.54) is 0 Å². The summed E-state index contributed by atoms with van der Waals surface area (Å²) in [6.07, 6.45) is -0.628. The lowest BCUT2D eigenvalue weighted by molar-refractivity contribution is -0.125. The lowest BCUT2D eigenvalue weighted by Crippen LogP contribution is -2.33. The number of hydrogen-bond acceptors (Lipinski definition) is 6. The van der Waals surface area contributed by atoms with Gasteiger partial charge in [0.1, 0.15) is 6.61 Å². The van der Waals surface area contributed by atoms with Crippen LogP contribution in [-0.4, -0.2) is 45.4 Å². The fraction of sp³-hybridized carbons (Fsp3) is 0.238. The molecule has 0 spiro atoms. The molecule has 148 valence electrons. The van der Waals surface area contributed by atoms with Crippen LogP contribution < -0.4 is 5.56 Å². The maximum atomic E-state index is 13.3. The highest BCUT2D eigenvalue weighted by Gasteiger charge is 2.29. The van der Waals surface area contributed by atoms with Crippen molar-refractivity contribution < 1.29 is 14.3 Å². The Balaban J connectivity index is 1.72. The number of amides is 2. The fourth-order valence-corrected chi connectivity index (χ4v) is 4.23. The van der Waals surface area contributed by atoms with E-state index in [1.807, 2.05) is 43.3 Å². The van der Waals surface area contributed by atoms with E-state index < -0.39 is 6.09 Å². The second kappa shape index (κ2) is 8.08. The molecule has 29 heavy (non-hydrogen) atoms. The third kappa shape index (κ3) is 3.75. The van der Waals surface area contributed by atoms with Crippen molar-refractivity contribution in [3.05, 3.63) is 70.5 Å². The van der Waals surface area contributed by atoms with Crippen LogP contribution in [0.3, 0.4) is 0 Å². The highest BCUT2D eigenvalue weighted by Crippen LogP contribution is 2.25. The molecular formula is C21H19N3O4S. The molecule has 2 aromatic carbocycles. The number of imide groups is 1. The number of thioether (sulfide) groups is 1. The molecule has 1 saturated heterocycles. The van der Waals surface area contributed by atoms with Crippen LogP contribution in [0.15, 0.2) is 64.5 Å². The van der Waals surface area contributed by atoms with Crippen molar-refractivity contribution in [2.24, 2.45) is 0 Å². The van der Waals surface area contributed by atoms with Gasteiger partial charge in [0, 0.05) is 0 Å². The van der Waals surface area contributed by atoms with Gasteiger partial charge in [0.2, 0.25) is 5.91 Å². The molecule has 8 heteroatoms. The van der Waals surface area contributed by atoms with Crippen molar-refractivity contribution in [3.8, 4) is 0 Å². The highest BCUT2D eigenvalue weighted by atomic mass is 32.2. The molecule has 0 unspecified atom stereocenters. The number of hydrogen-bond donors (Lipinski definition) is 0. The zero-order chi connectivity index (χ0) is 20.4. The molecule has 1 fully saturated rings. The Morgan fingerprint density at radius 2 is 1.86 bits per heavy atom. The fourth-order valence-electron chi connectivity index (χ4n) is 3.27. The number of carbonyl (C=O) groups excluding carboxylic acids is 2. The maximum Gasteiger partial charge on any atom is 0.416 e. The van der Waals surface area contributed by atoms with Crippen LogP contribution in [0.2, 0.25) is 0 Å². The van der Waals surface area contributed by atoms with E-state index in [0.29, 0.717) is 16.1 Å². The third-order valence-corrected chi connectivity index (χ3v) is 5.77. The molecule has 0 saturated carbocycles. The summed E-state index contributed by atoms with van der Waals surface area (Å²) in [5, 5.41) is 0.958. The van der Waals surface area contributed by atoms with Crippen molar-refractivity contribution in [2.45, 2.75) is 18.1 Å². The molecule has 1 aliphatic rings. The summed E-state index contributed by atoms with van der Waals surface area (Å²) >= 11 is 1.15. The van der Waals surface area contributed by atoms with E-state index in [2.05, 4.69) is 4.98 Å². The minimum atomic E-state index is -0.628. The summed E-state index contributed by atoms with van der Waals surface area (Å²) in [5.74, 6) is -0.375. The van der Waals surface area contributed by atoms with Crippen molar-refractivity contribution in [1.29, 1.82) is 0 Å². The van der Waals surface area contributed by atoms with Crippen molar-refractivity contribution >= 4 is 34.7 Å². The van der Waals surface area contributed by atoms with E-state index in [9.17, 15) is 14.4 Å². The smallest absolute Gasteiger partial charge is 0.416 e. The van der Waals surface area contributed by atoms with Crippen LogP contribution in [-0.2, 0) is 9.53 Å². The molecule has 3 aromatic rings. The zero-order valence-corrected chi connectivity index (χ0v) is 16.6. The van der Waals surface area contributed by atoms with Crippen LogP contribution in [0, 0.1) is 0 Å². The first kappa shape index (κ1) is 19.2. The molecule has 2 heterocycles. The van der Waals surface area contributed by atoms with Gasteiger partial charge in [0.15, 0.2) is 5.16 Å². The first-order chi connectivity index (χ1) is 14.1. The Labute approximate surface area is 171 Å². The lowest BCUT2D eigenvalue weighted by atomic mass is 10.1. The predicted octanol–water partition coefficient (Wildman–Crippen LogP) is 3.08. The Hall–Kier alpha value is -3.13. The van der Waals surface area contributed by atoms with Gasteiger partial charge in [0.05, 0.1) is 29.2 Å². The number of cyclic esters (lactones) is 1. The van der Waals surface area contributed by atoms with Gasteiger partial charge >= 0.3 is 6.09 Å². The van der Waals surface area contributed by atoms with Crippen molar-refractivity contribution in [3.63, 3.8) is 0 Å². The van der Waals surface area contributed by atoms with Crippen LogP contribution >= 0.6 is 11.8 Å². The average Bonchev–Trinajstić information content (AvgIpc) is 3.18. The van der Waals surface area contributed by atoms with Gasteiger partial charge < -0.3 is 4.74 Å². The normalized spacial score (nSPS) is 14.8. The molecule has 2 amide bonds. The number of ether oxygens (including phenoxy) is 1. The minimum absolute atomic E-state index is 0.0125. The second-order valence-electron chi connectivity index (χ2n) is 6.62. The molecule has 0 radical (unpaired) electrons. The third-order valence-electron chi connectivity index (χ3n) is 4.83. The minimum Gasteiger partial charge on any atom is -0.447 e. The van der Waals surface area contributed by atoms with E-state index in [-0.39, 0.29) is 36.4 Å². The standard InChI is InChI=1S/C21H19N3O4S/c1-14(15-7-3-2-4-8-15)24-19(26)16-9-5-6-10-17(16)22-20(24)29-13-18(25)23-11-12-28-21(23)27/h2-10,14H,11-13H2,1H3/t14-/m0/s1. The average molecular weight is 409 g/mol. The monoisotopic (exact) mass is 409 g/mol. The first-order valence-electron chi connectivity index (χ1n) is 9.22. The van der Waals surface area contributed by atoms with E-state index in [0.717, 1.165) is 22.2 Å². The number of nitrogens with zero attached hydrogens (tertiary/aromatic N) is 3. The number of fused-ring (bicyclic) bond motifs is 1. The van der Waals surface area contributed by atoms with Crippen LogP contribution in [0.1, 0.15) is 18.5 Å². The topological polar surface area (TPSA) is 81.5 Å². The van der Waals surface area contributed by atoms with Gasteiger partial charge in [-0.3, -0.25) is 14.2 Å². The summed E-state index contributed by atoms with van der Waals surface area (Å²) in [6.45, 7) is 2.38. The summed E-state index contributed by atoms with van der Waals surface area (Å²) < 4.78 is 6.43. The molecule has 0 bridgehead atoms. The quantitative estimate of drug-likeness (QED) is 0.476. The van der Waals surface area contributed by atoms with Crippen LogP contribution in [0.25, 0.3) is 10.9 Å². The molecule has 1 aromatic heterocycles. The van der Waals surface area contributed by atoms with Gasteiger partial charge in [-0.15, -0.1) is 0 Å². The van der Waals surface area contributed by atoms with Gasteiger partial charge in [-0.05, 0) is 24.6 Å². The van der Waals surface area contributed by atoms with E-state index in [4.69, 9.17) is 4.74 Å². The SMILES string of the molecule is C[C@@H](c1ccccc1)n1c(SCC(=O)N2CCOC2=O)nc2ccccc2c1=O. The summed E-state index contributed by atoms with van der Waals surface area (Å²) in [5.41, 5.74) is 1.37. The summed E-state index contributed by atoms with van der Waals surface area (Å²) in [7, 11) is 0. The molecule has 1 aliphatic heterocycles. The van der Waals surface area contributed by atoms with Crippen LogP contribution in [0.4, 0.5) is 4.79 Å². The number of rotatable bonds is 5. The van der Waals surface area contributed by atoms with Gasteiger partial charge in [-0.25, -0.2) is 14.7 Å². The second-order valence-corrected chi connectivity index (χ2v) is 7.56. The Morgan fingerprint density at radius 3 is 2.59 bits per heavy atom. The van der Waals surface area contributed by atoms with Crippen molar-refractivity contribution in [2.75, 3.05) is 18.9 Å². The van der Waals surface area contributed by atoms with E-state index >= 15 is 0 Å². The van der Waals surface area contributed by atoms with E-state index in [1.54, 1.807) is 22.8 Å². The number of benzene rings is 2. The summed E-state index contributed by atoms with van der Waals surface area (Å²) in [4.78, 5) is 43.0. The molecule has 0 N–H and O–H groups in total. The Bertz CT molecular complexity index is 1130. The lowest BCUT2D eigenvalue weighted by Gasteiger charge is -2.20. The van der Waals surface area contributed by atoms with Gasteiger partial charge in [-0.2, -0.15) is 0 Å². The number of para-hydroxylation sites is 1. The Morgan fingerprint density at radius 1 is 1.14 bits per heavy atom. The molecule has 4 rings (SSSR count). The summed E-state index contributed by atoms with van der Waals surface area (Å²) in [6, 6.07) is 16.5. The number of aromatic nitrogens is 2. The molecule has 0 aliphatic carbocycles. The molecule has 7 nitrogen and oxygen atoms in total. The Kier molecular flexibility index (Phi) is 5.35. The van der Waals surface area contributed by atoms with Crippen LogP contribution in [0.5, 0.6) is 0 Å². The highest BCUT2D eigenvalue weighted by molar-refractivity contribution is 7.99. The van der Waals surface area contributed by atoms with Crippen molar-refractivity contribution in [1.82, 2.24) is 14.5 Å². The largest absolute Gasteiger partial charge is 0.447 e. The van der Waals surface area contributed by atoms with Gasteiger partial charge in [0.25, 0.3) is 5.56 Å². The molecular weight excluding hydrogens is 390 g/mol. The first-order valence-corrected chi connectivity index (χ1v) is 10.2. The molecule has 1 atom stereocenters. The zero-order valence-electron chi connectivity index (χ0n) is 15.8. The number of carbonyl (C=O) groups is 2. The maximum absolute atomic E-state index is 13.3. The predicted molar refractivity (Wildman–Crippen MR) is 110 cm³/mol.